The molecule has 2 N–H and O–H groups in total. The third-order valence-electron chi connectivity index (χ3n) is 1.83. The molecule has 0 bridgehead atoms. The Hall–Kier alpha value is -2.04. The standard InChI is InChI=1S/C10H10O5/c1-15-10(14)5-8(12)6-2-3-7(11)9(13)4-6/h2-4,11,13H,5H2,1H3. The SMILES string of the molecule is COC(=O)CC(=O)c1ccc(O)c(O)c1. The van der Waals surface area contributed by atoms with Crippen LogP contribution in [0.3, 0.4) is 0 Å². The molecule has 1 rings (SSSR count). The fourth-order valence-corrected chi connectivity index (χ4v) is 1.00. The zero-order chi connectivity index (χ0) is 11.4. The van der Waals surface area contributed by atoms with Crippen molar-refractivity contribution in [3.8, 4) is 11.5 Å². The summed E-state index contributed by atoms with van der Waals surface area (Å²) in [6.07, 6.45) is -0.388. The van der Waals surface area contributed by atoms with Crippen molar-refractivity contribution in [3.63, 3.8) is 0 Å². The van der Waals surface area contributed by atoms with Crippen LogP contribution in [0.25, 0.3) is 0 Å². The summed E-state index contributed by atoms with van der Waals surface area (Å²) >= 11 is 0. The topological polar surface area (TPSA) is 83.8 Å². The van der Waals surface area contributed by atoms with Crippen LogP contribution in [-0.2, 0) is 9.53 Å². The van der Waals surface area contributed by atoms with E-state index in [-0.39, 0.29) is 17.7 Å². The Morgan fingerprint density at radius 1 is 1.27 bits per heavy atom. The van der Waals surface area contributed by atoms with E-state index in [0.717, 1.165) is 6.07 Å². The van der Waals surface area contributed by atoms with Crippen LogP contribution in [0.5, 0.6) is 11.5 Å². The Labute approximate surface area is 85.9 Å². The molecule has 0 radical (unpaired) electrons. The molecule has 0 aromatic heterocycles. The highest BCUT2D eigenvalue weighted by Crippen LogP contribution is 2.25. The van der Waals surface area contributed by atoms with Crippen molar-refractivity contribution < 1.29 is 24.5 Å². The highest BCUT2D eigenvalue weighted by Gasteiger charge is 2.13. The molecule has 5 heteroatoms. The van der Waals surface area contributed by atoms with Crippen LogP contribution in [-0.4, -0.2) is 29.1 Å². The first-order chi connectivity index (χ1) is 7.04. The van der Waals surface area contributed by atoms with E-state index in [2.05, 4.69) is 4.74 Å². The molecule has 1 aromatic rings. The molecule has 15 heavy (non-hydrogen) atoms. The lowest BCUT2D eigenvalue weighted by atomic mass is 10.1. The molecule has 0 saturated carbocycles. The van der Waals surface area contributed by atoms with E-state index in [0.29, 0.717) is 0 Å². The van der Waals surface area contributed by atoms with Crippen molar-refractivity contribution in [3.05, 3.63) is 23.8 Å². The maximum absolute atomic E-state index is 11.4. The first-order valence-electron chi connectivity index (χ1n) is 4.16. The van der Waals surface area contributed by atoms with E-state index in [9.17, 15) is 9.59 Å². The van der Waals surface area contributed by atoms with Gasteiger partial charge in [-0.25, -0.2) is 0 Å². The van der Waals surface area contributed by atoms with Gasteiger partial charge in [0.05, 0.1) is 7.11 Å². The molecule has 5 nitrogen and oxygen atoms in total. The van der Waals surface area contributed by atoms with Crippen LogP contribution in [0.1, 0.15) is 16.8 Å². The van der Waals surface area contributed by atoms with Gasteiger partial charge in [0.1, 0.15) is 6.42 Å². The molecule has 0 aliphatic carbocycles. The number of carbonyl (C=O) groups is 2. The summed E-state index contributed by atoms with van der Waals surface area (Å²) in [5.41, 5.74) is 0.149. The maximum atomic E-state index is 11.4. The van der Waals surface area contributed by atoms with Crippen molar-refractivity contribution >= 4 is 11.8 Å². The first-order valence-corrected chi connectivity index (χ1v) is 4.16. The Bertz CT molecular complexity index is 397. The summed E-state index contributed by atoms with van der Waals surface area (Å²) in [7, 11) is 1.18. The minimum absolute atomic E-state index is 0.149. The molecule has 0 amide bonds. The van der Waals surface area contributed by atoms with Gasteiger partial charge in [-0.05, 0) is 18.2 Å². The number of methoxy groups -OCH3 is 1. The summed E-state index contributed by atoms with van der Waals surface area (Å²) < 4.78 is 4.32. The monoisotopic (exact) mass is 210 g/mol. The number of ether oxygens (including phenoxy) is 1. The van der Waals surface area contributed by atoms with Crippen molar-refractivity contribution in [1.82, 2.24) is 0 Å². The van der Waals surface area contributed by atoms with E-state index in [4.69, 9.17) is 10.2 Å². The fourth-order valence-electron chi connectivity index (χ4n) is 1.00. The lowest BCUT2D eigenvalue weighted by Gasteiger charge is -2.02. The number of Topliss-reactive ketones (excluding diaryl/α,β-unsaturated/α-hetero) is 1. The molecule has 0 aliphatic heterocycles. The molecule has 0 unspecified atom stereocenters. The van der Waals surface area contributed by atoms with Gasteiger partial charge in [0.15, 0.2) is 17.3 Å². The number of benzene rings is 1. The lowest BCUT2D eigenvalue weighted by Crippen LogP contribution is -2.09. The first kappa shape index (κ1) is 11.0. The fraction of sp³-hybridized carbons (Fsp3) is 0.200. The van der Waals surface area contributed by atoms with E-state index < -0.39 is 17.5 Å². The molecule has 0 heterocycles. The van der Waals surface area contributed by atoms with Crippen molar-refractivity contribution in [1.29, 1.82) is 0 Å². The lowest BCUT2D eigenvalue weighted by molar-refractivity contribution is -0.139. The van der Waals surface area contributed by atoms with E-state index in [1.807, 2.05) is 0 Å². The summed E-state index contributed by atoms with van der Waals surface area (Å²) in [5.74, 6) is -1.83. The van der Waals surface area contributed by atoms with Crippen LogP contribution >= 0.6 is 0 Å². The largest absolute Gasteiger partial charge is 0.504 e. The van der Waals surface area contributed by atoms with Crippen molar-refractivity contribution in [2.24, 2.45) is 0 Å². The van der Waals surface area contributed by atoms with Gasteiger partial charge in [-0.3, -0.25) is 9.59 Å². The van der Waals surface area contributed by atoms with Crippen LogP contribution < -0.4 is 0 Å². The van der Waals surface area contributed by atoms with Gasteiger partial charge >= 0.3 is 5.97 Å². The molecular formula is C10H10O5. The Morgan fingerprint density at radius 3 is 2.47 bits per heavy atom. The van der Waals surface area contributed by atoms with Gasteiger partial charge < -0.3 is 14.9 Å². The third-order valence-corrected chi connectivity index (χ3v) is 1.83. The second kappa shape index (κ2) is 4.45. The predicted molar refractivity (Wildman–Crippen MR) is 50.7 cm³/mol. The number of hydrogen-bond acceptors (Lipinski definition) is 5. The Kier molecular flexibility index (Phi) is 3.28. The summed E-state index contributed by atoms with van der Waals surface area (Å²) in [5, 5.41) is 18.1. The number of rotatable bonds is 3. The van der Waals surface area contributed by atoms with Gasteiger partial charge in [0.2, 0.25) is 0 Å². The van der Waals surface area contributed by atoms with Gasteiger partial charge in [-0.1, -0.05) is 0 Å². The maximum Gasteiger partial charge on any atom is 0.313 e. The normalized spacial score (nSPS) is 9.67. The Morgan fingerprint density at radius 2 is 1.93 bits per heavy atom. The highest BCUT2D eigenvalue weighted by atomic mass is 16.5. The second-order valence-electron chi connectivity index (χ2n) is 2.88. The molecule has 0 fully saturated rings. The summed E-state index contributed by atoms with van der Waals surface area (Å²) in [6.45, 7) is 0. The minimum Gasteiger partial charge on any atom is -0.504 e. The van der Waals surface area contributed by atoms with Gasteiger partial charge in [0, 0.05) is 5.56 Å². The minimum atomic E-state index is -0.646. The van der Waals surface area contributed by atoms with E-state index in [1.165, 1.54) is 19.2 Å². The number of aromatic hydroxyl groups is 2. The van der Waals surface area contributed by atoms with Crippen LogP contribution in [0.15, 0.2) is 18.2 Å². The average Bonchev–Trinajstić information content (AvgIpc) is 2.21. The predicted octanol–water partition coefficient (Wildman–Crippen LogP) is 0.844. The smallest absolute Gasteiger partial charge is 0.313 e. The second-order valence-corrected chi connectivity index (χ2v) is 2.88. The molecule has 80 valence electrons. The van der Waals surface area contributed by atoms with E-state index >= 15 is 0 Å². The zero-order valence-electron chi connectivity index (χ0n) is 8.06. The zero-order valence-corrected chi connectivity index (χ0v) is 8.06. The van der Waals surface area contributed by atoms with Crippen molar-refractivity contribution in [2.45, 2.75) is 6.42 Å². The van der Waals surface area contributed by atoms with Crippen LogP contribution in [0, 0.1) is 0 Å². The van der Waals surface area contributed by atoms with E-state index in [1.54, 1.807) is 0 Å². The number of carbonyl (C=O) groups excluding carboxylic acids is 2. The van der Waals surface area contributed by atoms with Crippen LogP contribution in [0.2, 0.25) is 0 Å². The van der Waals surface area contributed by atoms with Crippen molar-refractivity contribution in [2.75, 3.05) is 7.11 Å². The molecule has 0 saturated heterocycles. The molecule has 1 aromatic carbocycles. The molecule has 0 spiro atoms. The van der Waals surface area contributed by atoms with Gasteiger partial charge in [-0.15, -0.1) is 0 Å². The van der Waals surface area contributed by atoms with Gasteiger partial charge in [0.25, 0.3) is 0 Å². The third kappa shape index (κ3) is 2.70. The molecule has 0 atom stereocenters. The number of esters is 1. The summed E-state index contributed by atoms with van der Waals surface area (Å²) in [4.78, 5) is 22.2. The highest BCUT2D eigenvalue weighted by molar-refractivity contribution is 6.06. The van der Waals surface area contributed by atoms with Crippen LogP contribution in [0.4, 0.5) is 0 Å². The molecule has 0 aliphatic rings. The number of phenols is 2. The Balaban J connectivity index is 2.83. The van der Waals surface area contributed by atoms with Gasteiger partial charge in [-0.2, -0.15) is 0 Å². The number of hydrogen-bond donors (Lipinski definition) is 2. The summed E-state index contributed by atoms with van der Waals surface area (Å²) in [6, 6.07) is 3.60. The quantitative estimate of drug-likeness (QED) is 0.334. The number of phenolic OH excluding ortho intramolecular Hbond substituents is 2. The number of ketones is 1. The molecular weight excluding hydrogens is 200 g/mol. The average molecular weight is 210 g/mol.